The Hall–Kier alpha value is -3.12. The summed E-state index contributed by atoms with van der Waals surface area (Å²) < 4.78 is 5.55. The Balaban J connectivity index is 1.26. The van der Waals surface area contributed by atoms with Crippen molar-refractivity contribution in [3.63, 3.8) is 0 Å². The van der Waals surface area contributed by atoms with Gasteiger partial charge < -0.3 is 15.0 Å². The lowest BCUT2D eigenvalue weighted by Gasteiger charge is -2.31. The highest BCUT2D eigenvalue weighted by Gasteiger charge is 2.27. The fourth-order valence-electron chi connectivity index (χ4n) is 3.59. The first kappa shape index (κ1) is 20.2. The summed E-state index contributed by atoms with van der Waals surface area (Å²) in [7, 11) is 0. The summed E-state index contributed by atoms with van der Waals surface area (Å²) in [6.07, 6.45) is 1.32. The molecule has 2 heterocycles. The second-order valence-corrected chi connectivity index (χ2v) is 8.12. The molecule has 0 radical (unpaired) electrons. The summed E-state index contributed by atoms with van der Waals surface area (Å²) in [6, 6.07) is 19.3. The summed E-state index contributed by atoms with van der Waals surface area (Å²) in [5.41, 5.74) is 3.05. The zero-order valence-electron chi connectivity index (χ0n) is 16.6. The van der Waals surface area contributed by atoms with E-state index in [1.165, 1.54) is 0 Å². The van der Waals surface area contributed by atoms with Gasteiger partial charge in [-0.3, -0.25) is 9.59 Å². The van der Waals surface area contributed by atoms with E-state index in [-0.39, 0.29) is 24.3 Å². The molecule has 0 unspecified atom stereocenters. The highest BCUT2D eigenvalue weighted by Crippen LogP contribution is 2.26. The number of likely N-dealkylation sites (tertiary alicyclic amines) is 1. The van der Waals surface area contributed by atoms with Crippen molar-refractivity contribution in [2.24, 2.45) is 5.92 Å². The number of carbonyl (C=O) groups excluding carboxylic acids is 2. The van der Waals surface area contributed by atoms with Gasteiger partial charge in [-0.15, -0.1) is 0 Å². The molecule has 0 atom stereocenters. The fraction of sp³-hybridized carbons (Fsp3) is 0.250. The van der Waals surface area contributed by atoms with Crippen LogP contribution in [-0.2, 0) is 9.59 Å². The van der Waals surface area contributed by atoms with E-state index in [9.17, 15) is 9.59 Å². The molecule has 1 aromatic heterocycles. The van der Waals surface area contributed by atoms with Crippen molar-refractivity contribution < 1.29 is 14.3 Å². The van der Waals surface area contributed by atoms with Gasteiger partial charge in [0.1, 0.15) is 5.75 Å². The molecule has 1 saturated heterocycles. The molecular weight excluding hydrogens is 396 g/mol. The highest BCUT2D eigenvalue weighted by molar-refractivity contribution is 7.08. The summed E-state index contributed by atoms with van der Waals surface area (Å²) in [6.45, 7) is 1.17. The first-order valence-electron chi connectivity index (χ1n) is 10.1. The molecule has 5 nitrogen and oxygen atoms in total. The summed E-state index contributed by atoms with van der Waals surface area (Å²) >= 11 is 1.65. The lowest BCUT2D eigenvalue weighted by atomic mass is 9.95. The predicted octanol–water partition coefficient (Wildman–Crippen LogP) is 4.67. The van der Waals surface area contributed by atoms with E-state index >= 15 is 0 Å². The molecule has 6 heteroatoms. The molecule has 0 bridgehead atoms. The molecule has 1 aliphatic heterocycles. The van der Waals surface area contributed by atoms with E-state index in [0.717, 1.165) is 16.8 Å². The number of carbonyl (C=O) groups is 2. The quantitative estimate of drug-likeness (QED) is 0.630. The molecule has 1 fully saturated rings. The topological polar surface area (TPSA) is 58.6 Å². The van der Waals surface area contributed by atoms with Gasteiger partial charge in [-0.2, -0.15) is 11.3 Å². The van der Waals surface area contributed by atoms with Gasteiger partial charge in [0.25, 0.3) is 5.91 Å². The van der Waals surface area contributed by atoms with Crippen LogP contribution < -0.4 is 10.1 Å². The van der Waals surface area contributed by atoms with Gasteiger partial charge in [0.05, 0.1) is 0 Å². The van der Waals surface area contributed by atoms with Crippen LogP contribution in [0.15, 0.2) is 71.4 Å². The summed E-state index contributed by atoms with van der Waals surface area (Å²) in [5.74, 6) is 0.574. The van der Waals surface area contributed by atoms with Crippen molar-refractivity contribution in [1.29, 1.82) is 0 Å². The van der Waals surface area contributed by atoms with Crippen molar-refractivity contribution in [2.45, 2.75) is 12.8 Å². The third-order valence-electron chi connectivity index (χ3n) is 5.31. The maximum absolute atomic E-state index is 12.7. The Kier molecular flexibility index (Phi) is 6.44. The van der Waals surface area contributed by atoms with Crippen LogP contribution in [0, 0.1) is 5.92 Å². The average Bonchev–Trinajstić information content (AvgIpc) is 3.33. The number of rotatable bonds is 6. The number of nitrogens with zero attached hydrogens (tertiary/aromatic N) is 1. The Morgan fingerprint density at radius 1 is 1.00 bits per heavy atom. The molecule has 2 amide bonds. The van der Waals surface area contributed by atoms with Gasteiger partial charge in [0.15, 0.2) is 6.61 Å². The van der Waals surface area contributed by atoms with E-state index in [4.69, 9.17) is 4.74 Å². The maximum Gasteiger partial charge on any atom is 0.260 e. The smallest absolute Gasteiger partial charge is 0.260 e. The van der Waals surface area contributed by atoms with Gasteiger partial charge in [-0.1, -0.05) is 30.3 Å². The Bertz CT molecular complexity index is 981. The Labute approximate surface area is 180 Å². The van der Waals surface area contributed by atoms with Crippen LogP contribution in [0.1, 0.15) is 12.8 Å². The van der Waals surface area contributed by atoms with E-state index < -0.39 is 0 Å². The first-order valence-corrected chi connectivity index (χ1v) is 11.0. The average molecular weight is 421 g/mol. The number of benzene rings is 2. The van der Waals surface area contributed by atoms with E-state index in [2.05, 4.69) is 16.8 Å². The maximum atomic E-state index is 12.7. The third-order valence-corrected chi connectivity index (χ3v) is 5.99. The minimum absolute atomic E-state index is 0.0186. The van der Waals surface area contributed by atoms with Crippen LogP contribution in [0.25, 0.3) is 11.1 Å². The molecule has 0 spiro atoms. The third kappa shape index (κ3) is 5.07. The number of ether oxygens (including phenoxy) is 1. The van der Waals surface area contributed by atoms with Gasteiger partial charge in [0, 0.05) is 24.7 Å². The number of anilines is 1. The molecule has 3 aromatic rings. The zero-order chi connectivity index (χ0) is 20.8. The molecule has 0 aliphatic carbocycles. The van der Waals surface area contributed by atoms with Crippen molar-refractivity contribution in [3.05, 3.63) is 71.4 Å². The minimum atomic E-state index is -0.0890. The molecule has 1 N–H and O–H groups in total. The molecule has 30 heavy (non-hydrogen) atoms. The van der Waals surface area contributed by atoms with Crippen LogP contribution >= 0.6 is 11.3 Å². The molecule has 2 aromatic carbocycles. The number of thiophene rings is 1. The normalized spacial score (nSPS) is 14.3. The lowest BCUT2D eigenvalue weighted by Crippen LogP contribution is -2.43. The summed E-state index contributed by atoms with van der Waals surface area (Å²) in [4.78, 5) is 26.9. The van der Waals surface area contributed by atoms with Gasteiger partial charge in [-0.25, -0.2) is 0 Å². The number of hydrogen-bond donors (Lipinski definition) is 1. The van der Waals surface area contributed by atoms with Crippen molar-refractivity contribution >= 4 is 28.8 Å². The first-order chi connectivity index (χ1) is 14.7. The van der Waals surface area contributed by atoms with Crippen LogP contribution in [0.4, 0.5) is 5.69 Å². The zero-order valence-corrected chi connectivity index (χ0v) is 17.4. The molecule has 4 rings (SSSR count). The predicted molar refractivity (Wildman–Crippen MR) is 120 cm³/mol. The number of nitrogens with one attached hydrogen (secondary N) is 1. The van der Waals surface area contributed by atoms with Crippen molar-refractivity contribution in [1.82, 2.24) is 4.90 Å². The van der Waals surface area contributed by atoms with Crippen molar-refractivity contribution in [2.75, 3.05) is 25.0 Å². The summed E-state index contributed by atoms with van der Waals surface area (Å²) in [5, 5.41) is 7.18. The number of piperidine rings is 1. The van der Waals surface area contributed by atoms with E-state index in [1.54, 1.807) is 16.2 Å². The number of amides is 2. The van der Waals surface area contributed by atoms with Crippen LogP contribution in [0.2, 0.25) is 0 Å². The van der Waals surface area contributed by atoms with E-state index in [1.807, 2.05) is 60.0 Å². The molecule has 0 saturated carbocycles. The Morgan fingerprint density at radius 3 is 2.53 bits per heavy atom. The van der Waals surface area contributed by atoms with Crippen LogP contribution in [-0.4, -0.2) is 36.4 Å². The number of hydrogen-bond acceptors (Lipinski definition) is 4. The van der Waals surface area contributed by atoms with Gasteiger partial charge in [0.2, 0.25) is 5.91 Å². The van der Waals surface area contributed by atoms with Gasteiger partial charge in [-0.05, 0) is 65.1 Å². The molecular formula is C24H24N2O3S. The largest absolute Gasteiger partial charge is 0.484 e. The molecule has 1 aliphatic rings. The number of para-hydroxylation sites is 1. The lowest BCUT2D eigenvalue weighted by molar-refractivity contribution is -0.136. The Morgan fingerprint density at radius 2 is 1.80 bits per heavy atom. The van der Waals surface area contributed by atoms with E-state index in [0.29, 0.717) is 31.7 Å². The molecule has 154 valence electrons. The van der Waals surface area contributed by atoms with Crippen LogP contribution in [0.5, 0.6) is 5.75 Å². The van der Waals surface area contributed by atoms with Crippen molar-refractivity contribution in [3.8, 4) is 16.9 Å². The SMILES string of the molecule is O=C(Nc1cccc(-c2ccsc2)c1)C1CCN(C(=O)COc2ccccc2)CC1. The minimum Gasteiger partial charge on any atom is -0.484 e. The standard InChI is InChI=1S/C24H24N2O3S/c27-23(16-29-22-7-2-1-3-8-22)26-12-9-18(10-13-26)24(28)25-21-6-4-5-19(15-21)20-11-14-30-17-20/h1-8,11,14-15,17-18H,9-10,12-13,16H2,(H,25,28). The second kappa shape index (κ2) is 9.59. The fourth-order valence-corrected chi connectivity index (χ4v) is 4.26. The monoisotopic (exact) mass is 420 g/mol. The highest BCUT2D eigenvalue weighted by atomic mass is 32.1. The van der Waals surface area contributed by atoms with Crippen LogP contribution in [0.3, 0.4) is 0 Å². The van der Waals surface area contributed by atoms with Gasteiger partial charge >= 0.3 is 0 Å². The second-order valence-electron chi connectivity index (χ2n) is 7.34.